The van der Waals surface area contributed by atoms with Crippen molar-refractivity contribution in [1.82, 2.24) is 20.0 Å². The van der Waals surface area contributed by atoms with Crippen molar-refractivity contribution in [2.75, 3.05) is 40.4 Å². The van der Waals surface area contributed by atoms with E-state index in [1.807, 2.05) is 24.0 Å². The number of benzene rings is 1. The summed E-state index contributed by atoms with van der Waals surface area (Å²) in [6.07, 6.45) is 6.35. The Labute approximate surface area is 186 Å². The third-order valence-corrected chi connectivity index (χ3v) is 5.99. The maximum atomic E-state index is 5.49. The van der Waals surface area contributed by atoms with Crippen molar-refractivity contribution in [3.8, 4) is 11.5 Å². The van der Waals surface area contributed by atoms with Gasteiger partial charge in [-0.3, -0.25) is 9.67 Å². The maximum Gasteiger partial charge on any atom is 0.193 e. The topological polar surface area (TPSA) is 63.9 Å². The van der Waals surface area contributed by atoms with Gasteiger partial charge in [0.2, 0.25) is 0 Å². The van der Waals surface area contributed by atoms with Gasteiger partial charge in [-0.15, -0.1) is 0 Å². The summed E-state index contributed by atoms with van der Waals surface area (Å²) in [4.78, 5) is 7.43. The van der Waals surface area contributed by atoms with Gasteiger partial charge in [0, 0.05) is 38.3 Å². The van der Waals surface area contributed by atoms with Crippen LogP contribution in [0.5, 0.6) is 11.5 Å². The zero-order valence-corrected chi connectivity index (χ0v) is 19.8. The molecule has 1 atom stereocenters. The zero-order chi connectivity index (χ0) is 22.4. The van der Waals surface area contributed by atoms with Crippen LogP contribution >= 0.6 is 0 Å². The molecule has 0 amide bonds. The fraction of sp³-hybridized carbons (Fsp3) is 0.583. The summed E-state index contributed by atoms with van der Waals surface area (Å²) >= 11 is 0. The summed E-state index contributed by atoms with van der Waals surface area (Å²) in [6, 6.07) is 6.12. The monoisotopic (exact) mass is 427 g/mol. The minimum atomic E-state index is -0.130. The SMILES string of the molecule is CCNC(=NCC(C)(C)c1ccc(OC)c(OC)c1)N1CCC(Cc2cnn(C)c2)C1. The molecule has 1 aliphatic rings. The molecule has 0 saturated carbocycles. The van der Waals surface area contributed by atoms with E-state index in [0.717, 1.165) is 43.5 Å². The largest absolute Gasteiger partial charge is 0.493 e. The van der Waals surface area contributed by atoms with Gasteiger partial charge in [-0.25, -0.2) is 0 Å². The fourth-order valence-corrected chi connectivity index (χ4v) is 4.15. The number of rotatable bonds is 8. The van der Waals surface area contributed by atoms with Crippen LogP contribution in [-0.2, 0) is 18.9 Å². The van der Waals surface area contributed by atoms with Crippen molar-refractivity contribution < 1.29 is 9.47 Å². The Morgan fingerprint density at radius 1 is 1.26 bits per heavy atom. The summed E-state index contributed by atoms with van der Waals surface area (Å²) in [5.41, 5.74) is 2.36. The quantitative estimate of drug-likeness (QED) is 0.518. The summed E-state index contributed by atoms with van der Waals surface area (Å²) in [6.45, 7) is 10.2. The van der Waals surface area contributed by atoms with Crippen LogP contribution in [0.1, 0.15) is 38.3 Å². The molecule has 1 saturated heterocycles. The molecule has 1 aromatic heterocycles. The van der Waals surface area contributed by atoms with E-state index in [4.69, 9.17) is 14.5 Å². The average molecular weight is 428 g/mol. The minimum Gasteiger partial charge on any atom is -0.493 e. The number of hydrogen-bond acceptors (Lipinski definition) is 4. The number of likely N-dealkylation sites (tertiary alicyclic amines) is 1. The molecule has 1 aliphatic heterocycles. The molecule has 0 aliphatic carbocycles. The van der Waals surface area contributed by atoms with Gasteiger partial charge in [0.15, 0.2) is 17.5 Å². The van der Waals surface area contributed by atoms with Crippen molar-refractivity contribution in [2.45, 2.75) is 39.0 Å². The lowest BCUT2D eigenvalue weighted by molar-refractivity contribution is 0.353. The fourth-order valence-electron chi connectivity index (χ4n) is 4.15. The lowest BCUT2D eigenvalue weighted by atomic mass is 9.84. The normalized spacial score (nSPS) is 17.2. The molecule has 1 aromatic carbocycles. The number of nitrogens with zero attached hydrogens (tertiary/aromatic N) is 4. The maximum absolute atomic E-state index is 5.49. The van der Waals surface area contributed by atoms with Gasteiger partial charge in [0.25, 0.3) is 0 Å². The van der Waals surface area contributed by atoms with Crippen LogP contribution in [0.15, 0.2) is 35.6 Å². The molecule has 31 heavy (non-hydrogen) atoms. The molecule has 0 radical (unpaired) electrons. The minimum absolute atomic E-state index is 0.130. The molecule has 7 nitrogen and oxygen atoms in total. The van der Waals surface area contributed by atoms with Gasteiger partial charge in [0.05, 0.1) is 27.0 Å². The molecule has 0 spiro atoms. The molecule has 170 valence electrons. The van der Waals surface area contributed by atoms with Crippen LogP contribution in [0, 0.1) is 5.92 Å². The van der Waals surface area contributed by atoms with Crippen LogP contribution in [0.3, 0.4) is 0 Å². The summed E-state index contributed by atoms with van der Waals surface area (Å²) in [5.74, 6) is 3.13. The highest BCUT2D eigenvalue weighted by Gasteiger charge is 2.27. The Hall–Kier alpha value is -2.70. The van der Waals surface area contributed by atoms with Crippen LogP contribution in [0.4, 0.5) is 0 Å². The first-order chi connectivity index (χ1) is 14.9. The van der Waals surface area contributed by atoms with Gasteiger partial charge >= 0.3 is 0 Å². The second-order valence-corrected chi connectivity index (χ2v) is 8.95. The van der Waals surface area contributed by atoms with Gasteiger partial charge in [-0.2, -0.15) is 5.10 Å². The van der Waals surface area contributed by atoms with Crippen molar-refractivity contribution in [3.05, 3.63) is 41.7 Å². The Morgan fingerprint density at radius 3 is 2.68 bits per heavy atom. The van der Waals surface area contributed by atoms with E-state index < -0.39 is 0 Å². The van der Waals surface area contributed by atoms with Crippen molar-refractivity contribution in [1.29, 1.82) is 0 Å². The smallest absolute Gasteiger partial charge is 0.193 e. The van der Waals surface area contributed by atoms with Crippen LogP contribution in [-0.4, -0.2) is 61.0 Å². The number of ether oxygens (including phenoxy) is 2. The lowest BCUT2D eigenvalue weighted by Crippen LogP contribution is -2.41. The second kappa shape index (κ2) is 10.1. The summed E-state index contributed by atoms with van der Waals surface area (Å²) < 4.78 is 12.8. The van der Waals surface area contributed by atoms with Gasteiger partial charge in [-0.05, 0) is 48.9 Å². The zero-order valence-electron chi connectivity index (χ0n) is 19.8. The Kier molecular flexibility index (Phi) is 7.46. The van der Waals surface area contributed by atoms with E-state index in [2.05, 4.69) is 54.4 Å². The molecular formula is C24H37N5O2. The van der Waals surface area contributed by atoms with Gasteiger partial charge in [-0.1, -0.05) is 19.9 Å². The third kappa shape index (κ3) is 5.71. The van der Waals surface area contributed by atoms with E-state index in [1.54, 1.807) is 14.2 Å². The van der Waals surface area contributed by atoms with E-state index in [1.165, 1.54) is 17.5 Å². The molecule has 1 fully saturated rings. The Bertz CT molecular complexity index is 890. The van der Waals surface area contributed by atoms with E-state index in [9.17, 15) is 0 Å². The molecule has 2 heterocycles. The molecule has 1 N–H and O–H groups in total. The summed E-state index contributed by atoms with van der Waals surface area (Å²) in [5, 5.41) is 7.79. The Morgan fingerprint density at radius 2 is 2.03 bits per heavy atom. The van der Waals surface area contributed by atoms with Crippen LogP contribution in [0.25, 0.3) is 0 Å². The van der Waals surface area contributed by atoms with E-state index in [0.29, 0.717) is 12.5 Å². The molecule has 0 bridgehead atoms. The number of hydrogen-bond donors (Lipinski definition) is 1. The predicted octanol–water partition coefficient (Wildman–Crippen LogP) is 3.25. The molecule has 2 aromatic rings. The number of methoxy groups -OCH3 is 2. The first-order valence-corrected chi connectivity index (χ1v) is 11.1. The van der Waals surface area contributed by atoms with Gasteiger partial charge < -0.3 is 19.7 Å². The lowest BCUT2D eigenvalue weighted by Gasteiger charge is -2.27. The van der Waals surface area contributed by atoms with Crippen molar-refractivity contribution in [3.63, 3.8) is 0 Å². The van der Waals surface area contributed by atoms with E-state index in [-0.39, 0.29) is 5.41 Å². The average Bonchev–Trinajstić information content (AvgIpc) is 3.39. The number of aromatic nitrogens is 2. The number of aliphatic imine (C=N–C) groups is 1. The van der Waals surface area contributed by atoms with Crippen LogP contribution < -0.4 is 14.8 Å². The number of aryl methyl sites for hydroxylation is 1. The molecule has 7 heteroatoms. The van der Waals surface area contributed by atoms with Gasteiger partial charge in [0.1, 0.15) is 0 Å². The first-order valence-electron chi connectivity index (χ1n) is 11.1. The van der Waals surface area contributed by atoms with Crippen molar-refractivity contribution in [2.24, 2.45) is 18.0 Å². The first kappa shape index (κ1) is 23.0. The van der Waals surface area contributed by atoms with Crippen molar-refractivity contribution >= 4 is 5.96 Å². The van der Waals surface area contributed by atoms with E-state index >= 15 is 0 Å². The van der Waals surface area contributed by atoms with Crippen LogP contribution in [0.2, 0.25) is 0 Å². The highest BCUT2D eigenvalue weighted by atomic mass is 16.5. The predicted molar refractivity (Wildman–Crippen MR) is 125 cm³/mol. The molecule has 3 rings (SSSR count). The summed E-state index contributed by atoms with van der Waals surface area (Å²) in [7, 11) is 5.30. The highest BCUT2D eigenvalue weighted by molar-refractivity contribution is 5.80. The Balaban J connectivity index is 1.68. The molecular weight excluding hydrogens is 390 g/mol. The number of nitrogens with one attached hydrogen (secondary N) is 1. The molecule has 1 unspecified atom stereocenters. The number of guanidine groups is 1. The second-order valence-electron chi connectivity index (χ2n) is 8.95. The third-order valence-electron chi connectivity index (χ3n) is 5.99. The standard InChI is InChI=1S/C24H37N5O2/c1-7-25-23(29-11-10-18(16-29)12-19-14-27-28(4)15-19)26-17-24(2,3)20-8-9-21(30-5)22(13-20)31-6/h8-9,13-15,18H,7,10-12,16-17H2,1-6H3,(H,25,26). The highest BCUT2D eigenvalue weighted by Crippen LogP contribution is 2.33.